The van der Waals surface area contributed by atoms with Crippen molar-refractivity contribution in [1.29, 1.82) is 0 Å². The number of esters is 1. The van der Waals surface area contributed by atoms with Crippen molar-refractivity contribution in [3.63, 3.8) is 0 Å². The van der Waals surface area contributed by atoms with Crippen molar-refractivity contribution in [3.05, 3.63) is 65.2 Å². The Kier molecular flexibility index (Phi) is 8.46. The first-order chi connectivity index (χ1) is 22.8. The van der Waals surface area contributed by atoms with Crippen LogP contribution in [0.5, 0.6) is 28.7 Å². The van der Waals surface area contributed by atoms with Crippen molar-refractivity contribution in [2.24, 2.45) is 11.8 Å². The van der Waals surface area contributed by atoms with Gasteiger partial charge >= 0.3 is 5.97 Å². The number of rotatable bonds is 9. The molecule has 1 amide bonds. The van der Waals surface area contributed by atoms with Crippen LogP contribution in [-0.2, 0) is 14.3 Å². The fourth-order valence-electron chi connectivity index (χ4n) is 7.23. The van der Waals surface area contributed by atoms with Gasteiger partial charge in [0.1, 0.15) is 0 Å². The third kappa shape index (κ3) is 5.98. The maximum atomic E-state index is 13.5. The molecule has 12 nitrogen and oxygen atoms in total. The van der Waals surface area contributed by atoms with Gasteiger partial charge in [-0.3, -0.25) is 9.59 Å². The number of methoxy groups -OCH3 is 2. The number of aromatic hydroxyl groups is 1. The first kappa shape index (κ1) is 30.9. The molecule has 4 aliphatic rings. The van der Waals surface area contributed by atoms with Gasteiger partial charge < -0.3 is 49.2 Å². The summed E-state index contributed by atoms with van der Waals surface area (Å²) in [5, 5.41) is 17.3. The number of piperazine rings is 1. The summed E-state index contributed by atoms with van der Waals surface area (Å²) >= 11 is 0. The number of ether oxygens (including phenoxy) is 5. The molecule has 3 aliphatic heterocycles. The summed E-state index contributed by atoms with van der Waals surface area (Å²) in [6.07, 6.45) is 0.440. The van der Waals surface area contributed by atoms with Gasteiger partial charge in [-0.2, -0.15) is 0 Å². The molecule has 4 atom stereocenters. The zero-order chi connectivity index (χ0) is 32.7. The summed E-state index contributed by atoms with van der Waals surface area (Å²) in [5.74, 6) is 0.127. The van der Waals surface area contributed by atoms with Crippen LogP contribution >= 0.6 is 0 Å². The fourth-order valence-corrected chi connectivity index (χ4v) is 7.23. The molecule has 12 heteroatoms. The third-order valence-electron chi connectivity index (χ3n) is 9.79. The van der Waals surface area contributed by atoms with E-state index in [9.17, 15) is 14.7 Å². The highest BCUT2D eigenvalue weighted by atomic mass is 16.7. The number of hydrogen-bond donors (Lipinski definition) is 3. The van der Waals surface area contributed by atoms with Crippen LogP contribution in [0.4, 0.5) is 11.4 Å². The first-order valence-corrected chi connectivity index (χ1v) is 15.9. The summed E-state index contributed by atoms with van der Waals surface area (Å²) in [7, 11) is 5.07. The molecule has 0 saturated carbocycles. The van der Waals surface area contributed by atoms with Crippen LogP contribution < -0.4 is 29.6 Å². The molecule has 0 spiro atoms. The maximum Gasteiger partial charge on any atom is 0.310 e. The van der Waals surface area contributed by atoms with Crippen LogP contribution in [-0.4, -0.2) is 94.2 Å². The number of cyclic esters (lactones) is 1. The minimum absolute atomic E-state index is 0.0140. The Hall–Kier alpha value is -4.68. The monoisotopic (exact) mass is 644 g/mol. The van der Waals surface area contributed by atoms with Gasteiger partial charge in [0.25, 0.3) is 0 Å². The zero-order valence-corrected chi connectivity index (χ0v) is 26.8. The number of hydrogen-bond acceptors (Lipinski definition) is 11. The molecule has 2 fully saturated rings. The quantitative estimate of drug-likeness (QED) is 0.294. The number of anilines is 2. The molecule has 2 saturated heterocycles. The van der Waals surface area contributed by atoms with E-state index < -0.39 is 11.8 Å². The van der Waals surface area contributed by atoms with Gasteiger partial charge in [0.2, 0.25) is 18.4 Å². The largest absolute Gasteiger partial charge is 0.502 e. The number of nitrogens with one attached hydrogen (secondary N) is 2. The highest BCUT2D eigenvalue weighted by Crippen LogP contribution is 2.56. The van der Waals surface area contributed by atoms with Crippen molar-refractivity contribution >= 4 is 23.3 Å². The molecule has 3 heterocycles. The predicted molar refractivity (Wildman–Crippen MR) is 174 cm³/mol. The molecule has 0 aromatic heterocycles. The molecule has 1 aliphatic carbocycles. The lowest BCUT2D eigenvalue weighted by Crippen LogP contribution is -2.45. The summed E-state index contributed by atoms with van der Waals surface area (Å²) < 4.78 is 28.2. The first-order valence-electron chi connectivity index (χ1n) is 15.9. The van der Waals surface area contributed by atoms with Crippen LogP contribution in [0.2, 0.25) is 0 Å². The standard InChI is InChI=1S/C35H40N4O8/c1-38-10-12-39(13-11-38)9-8-30(40)36-21-4-6-22(7-5-21)37-33-24-17-27-26(46-19-47-27)16-23(24)31(32-25(33)18-45-35(32)42)20-14-28(43-2)34(41)29(15-20)44-3/h4-7,14-17,25,31-33,37,41H,8-13,18-19H2,1-3H3,(H,36,40)/t25-,31+,32-,33+/m0/s1. The zero-order valence-electron chi connectivity index (χ0n) is 26.8. The van der Waals surface area contributed by atoms with E-state index in [1.807, 2.05) is 36.4 Å². The summed E-state index contributed by atoms with van der Waals surface area (Å²) in [6, 6.07) is 14.7. The normalized spacial score (nSPS) is 23.4. The second kappa shape index (κ2) is 12.8. The molecule has 0 unspecified atom stereocenters. The van der Waals surface area contributed by atoms with Crippen molar-refractivity contribution in [2.45, 2.75) is 18.4 Å². The molecule has 47 heavy (non-hydrogen) atoms. The van der Waals surface area contributed by atoms with Crippen LogP contribution in [0.1, 0.15) is 35.1 Å². The van der Waals surface area contributed by atoms with Gasteiger partial charge in [0, 0.05) is 62.4 Å². The highest BCUT2D eigenvalue weighted by molar-refractivity contribution is 5.91. The highest BCUT2D eigenvalue weighted by Gasteiger charge is 2.52. The Morgan fingerprint density at radius 2 is 1.55 bits per heavy atom. The lowest BCUT2D eigenvalue weighted by atomic mass is 9.65. The summed E-state index contributed by atoms with van der Waals surface area (Å²) in [4.78, 5) is 30.8. The number of fused-ring (bicyclic) bond motifs is 3. The van der Waals surface area contributed by atoms with Gasteiger partial charge in [-0.1, -0.05) is 0 Å². The van der Waals surface area contributed by atoms with Gasteiger partial charge in [-0.15, -0.1) is 0 Å². The Morgan fingerprint density at radius 3 is 2.21 bits per heavy atom. The minimum atomic E-state index is -0.529. The summed E-state index contributed by atoms with van der Waals surface area (Å²) in [5.41, 5.74) is 4.13. The lowest BCUT2D eigenvalue weighted by molar-refractivity contribution is -0.141. The lowest BCUT2D eigenvalue weighted by Gasteiger charge is -2.40. The summed E-state index contributed by atoms with van der Waals surface area (Å²) in [6.45, 7) is 5.09. The van der Waals surface area contributed by atoms with E-state index in [4.69, 9.17) is 23.7 Å². The predicted octanol–water partition coefficient (Wildman–Crippen LogP) is 3.80. The van der Waals surface area contributed by atoms with Crippen molar-refractivity contribution in [2.75, 3.05) is 78.0 Å². The number of phenolic OH excluding ortho intramolecular Hbond substituents is 1. The van der Waals surface area contributed by atoms with Crippen LogP contribution in [0, 0.1) is 11.8 Å². The number of phenols is 1. The number of benzene rings is 3. The third-order valence-corrected chi connectivity index (χ3v) is 9.79. The van der Waals surface area contributed by atoms with E-state index in [0.717, 1.165) is 60.8 Å². The van der Waals surface area contributed by atoms with Crippen molar-refractivity contribution in [3.8, 4) is 28.7 Å². The van der Waals surface area contributed by atoms with E-state index in [-0.39, 0.29) is 54.5 Å². The number of nitrogens with zero attached hydrogens (tertiary/aromatic N) is 2. The second-order valence-electron chi connectivity index (χ2n) is 12.5. The van der Waals surface area contributed by atoms with E-state index in [0.29, 0.717) is 17.9 Å². The van der Waals surface area contributed by atoms with Crippen LogP contribution in [0.15, 0.2) is 48.5 Å². The van der Waals surface area contributed by atoms with E-state index in [1.54, 1.807) is 12.1 Å². The molecule has 3 aromatic carbocycles. The molecule has 3 N–H and O–H groups in total. The average Bonchev–Trinajstić information content (AvgIpc) is 3.71. The molecule has 0 radical (unpaired) electrons. The minimum Gasteiger partial charge on any atom is -0.502 e. The van der Waals surface area contributed by atoms with Crippen molar-refractivity contribution < 1.29 is 38.4 Å². The molecule has 248 valence electrons. The maximum absolute atomic E-state index is 13.5. The molecule has 0 bridgehead atoms. The van der Waals surface area contributed by atoms with E-state index in [1.165, 1.54) is 14.2 Å². The van der Waals surface area contributed by atoms with Gasteiger partial charge in [-0.05, 0) is 72.3 Å². The number of carbonyl (C=O) groups excluding carboxylic acids is 2. The van der Waals surface area contributed by atoms with Gasteiger partial charge in [0.15, 0.2) is 23.0 Å². The molecule has 3 aromatic rings. The van der Waals surface area contributed by atoms with Crippen LogP contribution in [0.3, 0.4) is 0 Å². The Bertz CT molecular complexity index is 1630. The van der Waals surface area contributed by atoms with Crippen molar-refractivity contribution in [1.82, 2.24) is 9.80 Å². The van der Waals surface area contributed by atoms with Gasteiger partial charge in [-0.25, -0.2) is 0 Å². The Labute approximate surface area is 273 Å². The Balaban J connectivity index is 1.15. The molecular formula is C35H40N4O8. The Morgan fingerprint density at radius 1 is 0.915 bits per heavy atom. The fraction of sp³-hybridized carbons (Fsp3) is 0.429. The SMILES string of the molecule is COc1cc([C@@H]2c3cc4c(cc3[C@@H](Nc3ccc(NC(=O)CCN5CCN(C)CC5)cc3)[C@H]3COC(=O)[C@H]23)OCO4)cc(OC)c1O. The van der Waals surface area contributed by atoms with E-state index in [2.05, 4.69) is 27.5 Å². The smallest absolute Gasteiger partial charge is 0.310 e. The topological polar surface area (TPSA) is 131 Å². The molecule has 7 rings (SSSR count). The second-order valence-corrected chi connectivity index (χ2v) is 12.5. The molecular weight excluding hydrogens is 604 g/mol. The van der Waals surface area contributed by atoms with Crippen LogP contribution in [0.25, 0.3) is 0 Å². The average molecular weight is 645 g/mol. The number of amides is 1. The number of likely N-dealkylation sites (N-methyl/N-ethyl adjacent to an activating group) is 1. The van der Waals surface area contributed by atoms with E-state index >= 15 is 0 Å². The number of carbonyl (C=O) groups is 2. The van der Waals surface area contributed by atoms with Gasteiger partial charge in [0.05, 0.1) is 32.8 Å².